The molecule has 0 amide bonds. The summed E-state index contributed by atoms with van der Waals surface area (Å²) in [4.78, 5) is 0.312. The Morgan fingerprint density at radius 3 is 2.33 bits per heavy atom. The van der Waals surface area contributed by atoms with Crippen molar-refractivity contribution in [2.24, 2.45) is 0 Å². The van der Waals surface area contributed by atoms with E-state index in [0.29, 0.717) is 10.6 Å². The van der Waals surface area contributed by atoms with Gasteiger partial charge in [0.2, 0.25) is 10.0 Å². The molecule has 0 fully saturated rings. The van der Waals surface area contributed by atoms with Crippen LogP contribution in [0.15, 0.2) is 47.4 Å². The van der Waals surface area contributed by atoms with Crippen molar-refractivity contribution in [3.05, 3.63) is 59.2 Å². The number of ether oxygens (including phenoxy) is 1. The van der Waals surface area contributed by atoms with Crippen LogP contribution in [-0.2, 0) is 16.4 Å². The van der Waals surface area contributed by atoms with Gasteiger partial charge in [-0.2, -0.15) is 0 Å². The molecule has 0 radical (unpaired) electrons. The Bertz CT molecular complexity index is 786. The van der Waals surface area contributed by atoms with Crippen LogP contribution in [0.3, 0.4) is 0 Å². The molecule has 0 saturated heterocycles. The van der Waals surface area contributed by atoms with Crippen LogP contribution in [-0.4, -0.2) is 21.6 Å². The summed E-state index contributed by atoms with van der Waals surface area (Å²) >= 11 is 0. The van der Waals surface area contributed by atoms with Crippen LogP contribution in [0.4, 0.5) is 0 Å². The van der Waals surface area contributed by atoms with E-state index in [2.05, 4.69) is 16.9 Å². The van der Waals surface area contributed by atoms with E-state index in [1.54, 1.807) is 26.2 Å². The van der Waals surface area contributed by atoms with Crippen LogP contribution in [0.25, 0.3) is 0 Å². The minimum atomic E-state index is -3.55. The topological polar surface area (TPSA) is 55.4 Å². The van der Waals surface area contributed by atoms with Crippen molar-refractivity contribution in [1.29, 1.82) is 0 Å². The van der Waals surface area contributed by atoms with Crippen LogP contribution >= 0.6 is 0 Å². The quantitative estimate of drug-likeness (QED) is 0.832. The standard InChI is InChI=1S/C19H25NO3S/c1-14(10-11-17-8-6-5-7-9-17)20-24(21,22)19-13-12-18(23-4)15(2)16(19)3/h5-9,12-14,20H,10-11H2,1-4H3/t14-/m0/s1. The highest BCUT2D eigenvalue weighted by molar-refractivity contribution is 7.89. The molecule has 2 aromatic carbocycles. The van der Waals surface area contributed by atoms with Crippen molar-refractivity contribution >= 4 is 10.0 Å². The van der Waals surface area contributed by atoms with Crippen molar-refractivity contribution in [2.45, 2.75) is 44.6 Å². The van der Waals surface area contributed by atoms with E-state index in [1.165, 1.54) is 5.56 Å². The van der Waals surface area contributed by atoms with Crippen molar-refractivity contribution in [1.82, 2.24) is 4.72 Å². The first-order valence-electron chi connectivity index (χ1n) is 8.05. The van der Waals surface area contributed by atoms with Crippen LogP contribution in [0.5, 0.6) is 5.75 Å². The molecule has 1 atom stereocenters. The zero-order valence-corrected chi connectivity index (χ0v) is 15.5. The summed E-state index contributed by atoms with van der Waals surface area (Å²) in [6, 6.07) is 13.2. The third kappa shape index (κ3) is 4.36. The monoisotopic (exact) mass is 347 g/mol. The average Bonchev–Trinajstić information content (AvgIpc) is 2.55. The van der Waals surface area contributed by atoms with E-state index in [-0.39, 0.29) is 6.04 Å². The molecule has 0 spiro atoms. The number of benzene rings is 2. The molecule has 0 aliphatic carbocycles. The van der Waals surface area contributed by atoms with Gasteiger partial charge in [0.15, 0.2) is 0 Å². The Morgan fingerprint density at radius 1 is 1.04 bits per heavy atom. The first-order chi connectivity index (χ1) is 11.3. The van der Waals surface area contributed by atoms with Gasteiger partial charge in [-0.05, 0) is 62.4 Å². The highest BCUT2D eigenvalue weighted by Crippen LogP contribution is 2.27. The van der Waals surface area contributed by atoms with Gasteiger partial charge < -0.3 is 4.74 Å². The Labute approximate surface area is 144 Å². The number of methoxy groups -OCH3 is 1. The molecule has 0 aliphatic rings. The molecule has 5 heteroatoms. The Kier molecular flexibility index (Phi) is 6.02. The second-order valence-electron chi connectivity index (χ2n) is 6.06. The lowest BCUT2D eigenvalue weighted by atomic mass is 10.1. The molecule has 24 heavy (non-hydrogen) atoms. The van der Waals surface area contributed by atoms with Crippen molar-refractivity contribution in [3.63, 3.8) is 0 Å². The third-order valence-electron chi connectivity index (χ3n) is 4.26. The van der Waals surface area contributed by atoms with Crippen molar-refractivity contribution in [3.8, 4) is 5.75 Å². The van der Waals surface area contributed by atoms with Gasteiger partial charge >= 0.3 is 0 Å². The van der Waals surface area contributed by atoms with Gasteiger partial charge in [0.25, 0.3) is 0 Å². The van der Waals surface area contributed by atoms with Gasteiger partial charge in [0, 0.05) is 6.04 Å². The molecule has 4 nitrogen and oxygen atoms in total. The van der Waals surface area contributed by atoms with Crippen LogP contribution < -0.4 is 9.46 Å². The van der Waals surface area contributed by atoms with Crippen LogP contribution in [0, 0.1) is 13.8 Å². The number of rotatable bonds is 7. The third-order valence-corrected chi connectivity index (χ3v) is 6.00. The zero-order chi connectivity index (χ0) is 17.7. The average molecular weight is 347 g/mol. The van der Waals surface area contributed by atoms with E-state index in [4.69, 9.17) is 4.74 Å². The fourth-order valence-corrected chi connectivity index (χ4v) is 4.28. The molecule has 1 N–H and O–H groups in total. The maximum Gasteiger partial charge on any atom is 0.241 e. The van der Waals surface area contributed by atoms with Crippen molar-refractivity contribution in [2.75, 3.05) is 7.11 Å². The van der Waals surface area contributed by atoms with E-state index < -0.39 is 10.0 Å². The fourth-order valence-electron chi connectivity index (χ4n) is 2.70. The minimum Gasteiger partial charge on any atom is -0.496 e. The Morgan fingerprint density at radius 2 is 1.71 bits per heavy atom. The molecular weight excluding hydrogens is 322 g/mol. The maximum absolute atomic E-state index is 12.7. The van der Waals surface area contributed by atoms with Gasteiger partial charge in [-0.25, -0.2) is 13.1 Å². The fraction of sp³-hybridized carbons (Fsp3) is 0.368. The summed E-state index contributed by atoms with van der Waals surface area (Å²) in [5, 5.41) is 0. The molecule has 130 valence electrons. The molecule has 0 heterocycles. The van der Waals surface area contributed by atoms with Crippen molar-refractivity contribution < 1.29 is 13.2 Å². The Balaban J connectivity index is 2.09. The molecule has 2 aromatic rings. The summed E-state index contributed by atoms with van der Waals surface area (Å²) in [5.74, 6) is 0.698. The predicted octanol–water partition coefficient (Wildman–Crippen LogP) is 3.61. The highest BCUT2D eigenvalue weighted by atomic mass is 32.2. The van der Waals surface area contributed by atoms with Gasteiger partial charge in [-0.3, -0.25) is 0 Å². The van der Waals surface area contributed by atoms with Gasteiger partial charge in [0.05, 0.1) is 12.0 Å². The first-order valence-corrected chi connectivity index (χ1v) is 9.54. The lowest BCUT2D eigenvalue weighted by molar-refractivity contribution is 0.410. The number of hydrogen-bond acceptors (Lipinski definition) is 3. The first kappa shape index (κ1) is 18.5. The van der Waals surface area contributed by atoms with Gasteiger partial charge in [-0.1, -0.05) is 30.3 Å². The molecule has 2 rings (SSSR count). The summed E-state index contributed by atoms with van der Waals surface area (Å²) in [7, 11) is -1.96. The predicted molar refractivity (Wildman–Crippen MR) is 97.0 cm³/mol. The number of nitrogens with one attached hydrogen (secondary N) is 1. The Hall–Kier alpha value is -1.85. The van der Waals surface area contributed by atoms with Crippen LogP contribution in [0.2, 0.25) is 0 Å². The summed E-state index contributed by atoms with van der Waals surface area (Å²) in [6.07, 6.45) is 1.59. The van der Waals surface area contributed by atoms with Gasteiger partial charge in [0.1, 0.15) is 5.75 Å². The molecule has 0 saturated carbocycles. The van der Waals surface area contributed by atoms with E-state index in [9.17, 15) is 8.42 Å². The summed E-state index contributed by atoms with van der Waals surface area (Å²) in [6.45, 7) is 5.57. The minimum absolute atomic E-state index is 0.142. The lowest BCUT2D eigenvalue weighted by Gasteiger charge is -2.17. The lowest BCUT2D eigenvalue weighted by Crippen LogP contribution is -2.33. The molecule has 0 bridgehead atoms. The molecule has 0 unspecified atom stereocenters. The normalized spacial score (nSPS) is 12.8. The van der Waals surface area contributed by atoms with Crippen LogP contribution in [0.1, 0.15) is 30.0 Å². The van der Waals surface area contributed by atoms with Gasteiger partial charge in [-0.15, -0.1) is 0 Å². The van der Waals surface area contributed by atoms with E-state index in [0.717, 1.165) is 24.0 Å². The largest absolute Gasteiger partial charge is 0.496 e. The highest BCUT2D eigenvalue weighted by Gasteiger charge is 2.21. The second-order valence-corrected chi connectivity index (χ2v) is 7.74. The second kappa shape index (κ2) is 7.81. The number of hydrogen-bond donors (Lipinski definition) is 1. The zero-order valence-electron chi connectivity index (χ0n) is 14.7. The number of aryl methyl sites for hydroxylation is 1. The summed E-state index contributed by atoms with van der Waals surface area (Å²) in [5.41, 5.74) is 2.77. The van der Waals surface area contributed by atoms with E-state index in [1.807, 2.05) is 32.0 Å². The maximum atomic E-state index is 12.7. The van der Waals surface area contributed by atoms with E-state index >= 15 is 0 Å². The molecular formula is C19H25NO3S. The summed E-state index contributed by atoms with van der Waals surface area (Å²) < 4.78 is 33.4. The molecule has 0 aliphatic heterocycles. The SMILES string of the molecule is COc1ccc(S(=O)(=O)N[C@@H](C)CCc2ccccc2)c(C)c1C. The molecule has 0 aromatic heterocycles. The smallest absolute Gasteiger partial charge is 0.241 e. The number of sulfonamides is 1.